The van der Waals surface area contributed by atoms with E-state index < -0.39 is 0 Å². The Morgan fingerprint density at radius 3 is 3.27 bits per heavy atom. The molecule has 82 valence electrons. The van der Waals surface area contributed by atoms with Crippen LogP contribution in [-0.4, -0.2) is 34.0 Å². The molecule has 0 radical (unpaired) electrons. The average Bonchev–Trinajstić information content (AvgIpc) is 2.24. The standard InChI is InChI=1S/C11H15ClN2S/c1-9-8-15-6-5-14(9)7-10-3-2-4-13-11(10)12/h2-4,9H,5-8H2,1H3. The summed E-state index contributed by atoms with van der Waals surface area (Å²) in [5.74, 6) is 2.44. The van der Waals surface area contributed by atoms with Gasteiger partial charge in [0, 0.05) is 42.4 Å². The Hall–Kier alpha value is -0.250. The molecule has 15 heavy (non-hydrogen) atoms. The van der Waals surface area contributed by atoms with E-state index in [-0.39, 0.29) is 0 Å². The maximum Gasteiger partial charge on any atom is 0.133 e. The molecule has 1 atom stereocenters. The second-order valence-corrected chi connectivity index (χ2v) is 5.36. The molecule has 2 rings (SSSR count). The number of nitrogens with zero attached hydrogens (tertiary/aromatic N) is 2. The summed E-state index contributed by atoms with van der Waals surface area (Å²) in [6.07, 6.45) is 1.74. The van der Waals surface area contributed by atoms with Gasteiger partial charge in [-0.25, -0.2) is 4.98 Å². The zero-order chi connectivity index (χ0) is 10.7. The summed E-state index contributed by atoms with van der Waals surface area (Å²) in [4.78, 5) is 6.57. The number of rotatable bonds is 2. The van der Waals surface area contributed by atoms with E-state index in [0.29, 0.717) is 11.2 Å². The third-order valence-corrected chi connectivity index (χ3v) is 4.24. The van der Waals surface area contributed by atoms with Crippen molar-refractivity contribution >= 4 is 23.4 Å². The first kappa shape index (κ1) is 11.2. The number of halogens is 1. The predicted octanol–water partition coefficient (Wildman–Crippen LogP) is 2.67. The lowest BCUT2D eigenvalue weighted by Crippen LogP contribution is -2.39. The summed E-state index contributed by atoms with van der Waals surface area (Å²) in [7, 11) is 0. The maximum absolute atomic E-state index is 6.05. The second kappa shape index (κ2) is 5.19. The van der Waals surface area contributed by atoms with Crippen LogP contribution in [0.15, 0.2) is 18.3 Å². The van der Waals surface area contributed by atoms with Gasteiger partial charge in [-0.15, -0.1) is 0 Å². The third kappa shape index (κ3) is 2.86. The molecule has 1 aliphatic rings. The van der Waals surface area contributed by atoms with Crippen molar-refractivity contribution in [2.75, 3.05) is 18.1 Å². The number of thioether (sulfide) groups is 1. The lowest BCUT2D eigenvalue weighted by molar-refractivity contribution is 0.224. The van der Waals surface area contributed by atoms with Gasteiger partial charge in [0.1, 0.15) is 5.15 Å². The Bertz CT molecular complexity index is 332. The van der Waals surface area contributed by atoms with E-state index in [0.717, 1.165) is 18.7 Å². The maximum atomic E-state index is 6.05. The van der Waals surface area contributed by atoms with Crippen LogP contribution in [0.4, 0.5) is 0 Å². The average molecular weight is 243 g/mol. The van der Waals surface area contributed by atoms with Gasteiger partial charge in [0.25, 0.3) is 0 Å². The van der Waals surface area contributed by atoms with Gasteiger partial charge in [-0.1, -0.05) is 17.7 Å². The minimum atomic E-state index is 0.639. The van der Waals surface area contributed by atoms with Crippen LogP contribution in [0.2, 0.25) is 5.15 Å². The molecular weight excluding hydrogens is 228 g/mol. The molecule has 4 heteroatoms. The molecule has 1 saturated heterocycles. The fourth-order valence-corrected chi connectivity index (χ4v) is 3.01. The molecule has 2 nitrogen and oxygen atoms in total. The molecule has 0 aromatic carbocycles. The lowest BCUT2D eigenvalue weighted by Gasteiger charge is -2.32. The van der Waals surface area contributed by atoms with Crippen molar-refractivity contribution < 1.29 is 0 Å². The fourth-order valence-electron chi connectivity index (χ4n) is 1.75. The molecule has 0 bridgehead atoms. The van der Waals surface area contributed by atoms with Gasteiger partial charge in [0.15, 0.2) is 0 Å². The highest BCUT2D eigenvalue weighted by Gasteiger charge is 2.19. The van der Waals surface area contributed by atoms with E-state index in [2.05, 4.69) is 22.9 Å². The van der Waals surface area contributed by atoms with E-state index in [1.54, 1.807) is 6.20 Å². The molecule has 0 spiro atoms. The van der Waals surface area contributed by atoms with Gasteiger partial charge in [-0.2, -0.15) is 11.8 Å². The molecule has 0 aliphatic carbocycles. The van der Waals surface area contributed by atoms with E-state index in [4.69, 9.17) is 11.6 Å². The summed E-state index contributed by atoms with van der Waals surface area (Å²) in [6.45, 7) is 4.35. The predicted molar refractivity (Wildman–Crippen MR) is 66.4 cm³/mol. The minimum absolute atomic E-state index is 0.639. The van der Waals surface area contributed by atoms with Crippen LogP contribution in [0.1, 0.15) is 12.5 Å². The monoisotopic (exact) mass is 242 g/mol. The van der Waals surface area contributed by atoms with Crippen molar-refractivity contribution in [2.24, 2.45) is 0 Å². The van der Waals surface area contributed by atoms with E-state index in [1.165, 1.54) is 11.5 Å². The zero-order valence-corrected chi connectivity index (χ0v) is 10.4. The Morgan fingerprint density at radius 2 is 2.53 bits per heavy atom. The molecule has 0 saturated carbocycles. The molecule has 0 amide bonds. The summed E-state index contributed by atoms with van der Waals surface area (Å²) in [6, 6.07) is 4.65. The molecule has 0 N–H and O–H groups in total. The van der Waals surface area contributed by atoms with Crippen molar-refractivity contribution in [1.29, 1.82) is 0 Å². The molecule has 1 aromatic heterocycles. The Kier molecular flexibility index (Phi) is 3.89. The van der Waals surface area contributed by atoms with Crippen LogP contribution in [0.5, 0.6) is 0 Å². The van der Waals surface area contributed by atoms with Crippen molar-refractivity contribution in [2.45, 2.75) is 19.5 Å². The minimum Gasteiger partial charge on any atom is -0.295 e. The van der Waals surface area contributed by atoms with Crippen LogP contribution in [-0.2, 0) is 6.54 Å². The highest BCUT2D eigenvalue weighted by molar-refractivity contribution is 7.99. The zero-order valence-electron chi connectivity index (χ0n) is 8.82. The van der Waals surface area contributed by atoms with Gasteiger partial charge >= 0.3 is 0 Å². The van der Waals surface area contributed by atoms with Gasteiger partial charge in [-0.3, -0.25) is 4.90 Å². The summed E-state index contributed by atoms with van der Waals surface area (Å²) < 4.78 is 0. The Balaban J connectivity index is 2.04. The summed E-state index contributed by atoms with van der Waals surface area (Å²) in [5, 5.41) is 0.642. The quantitative estimate of drug-likeness (QED) is 0.742. The Labute approximate surface area is 100 Å². The van der Waals surface area contributed by atoms with E-state index >= 15 is 0 Å². The van der Waals surface area contributed by atoms with E-state index in [1.807, 2.05) is 17.8 Å². The first-order valence-electron chi connectivity index (χ1n) is 5.18. The molecule has 1 aliphatic heterocycles. The van der Waals surface area contributed by atoms with Crippen LogP contribution >= 0.6 is 23.4 Å². The first-order valence-corrected chi connectivity index (χ1v) is 6.72. The van der Waals surface area contributed by atoms with E-state index in [9.17, 15) is 0 Å². The van der Waals surface area contributed by atoms with Crippen LogP contribution < -0.4 is 0 Å². The Morgan fingerprint density at radius 1 is 1.67 bits per heavy atom. The highest BCUT2D eigenvalue weighted by Crippen LogP contribution is 2.20. The fraction of sp³-hybridized carbons (Fsp3) is 0.545. The van der Waals surface area contributed by atoms with Crippen LogP contribution in [0, 0.1) is 0 Å². The molecule has 1 aromatic rings. The smallest absolute Gasteiger partial charge is 0.133 e. The summed E-state index contributed by atoms with van der Waals surface area (Å²) >= 11 is 8.08. The van der Waals surface area contributed by atoms with Gasteiger partial charge in [0.05, 0.1) is 0 Å². The molecule has 1 unspecified atom stereocenters. The molecule has 1 fully saturated rings. The highest BCUT2D eigenvalue weighted by atomic mass is 35.5. The normalized spacial score (nSPS) is 22.9. The lowest BCUT2D eigenvalue weighted by atomic mass is 10.2. The topological polar surface area (TPSA) is 16.1 Å². The number of hydrogen-bond acceptors (Lipinski definition) is 3. The third-order valence-electron chi connectivity index (χ3n) is 2.72. The summed E-state index contributed by atoms with van der Waals surface area (Å²) in [5.41, 5.74) is 1.14. The largest absolute Gasteiger partial charge is 0.295 e. The van der Waals surface area contributed by atoms with Crippen molar-refractivity contribution in [1.82, 2.24) is 9.88 Å². The van der Waals surface area contributed by atoms with Gasteiger partial charge in [-0.05, 0) is 13.0 Å². The van der Waals surface area contributed by atoms with Crippen LogP contribution in [0.25, 0.3) is 0 Å². The number of pyridine rings is 1. The van der Waals surface area contributed by atoms with Gasteiger partial charge in [0.2, 0.25) is 0 Å². The van der Waals surface area contributed by atoms with Gasteiger partial charge < -0.3 is 0 Å². The molecule has 2 heterocycles. The van der Waals surface area contributed by atoms with Crippen LogP contribution in [0.3, 0.4) is 0 Å². The SMILES string of the molecule is CC1CSCCN1Cc1cccnc1Cl. The second-order valence-electron chi connectivity index (χ2n) is 3.85. The number of hydrogen-bond donors (Lipinski definition) is 0. The number of aromatic nitrogens is 1. The van der Waals surface area contributed by atoms with Crippen molar-refractivity contribution in [3.05, 3.63) is 29.0 Å². The van der Waals surface area contributed by atoms with Crippen molar-refractivity contribution in [3.63, 3.8) is 0 Å². The first-order chi connectivity index (χ1) is 7.27. The molecular formula is C11H15ClN2S. The van der Waals surface area contributed by atoms with Crippen molar-refractivity contribution in [3.8, 4) is 0 Å².